The molecular weight excluding hydrogens is 763 g/mol. The van der Waals surface area contributed by atoms with Crippen molar-refractivity contribution < 1.29 is 4.74 Å². The van der Waals surface area contributed by atoms with Crippen molar-refractivity contribution in [2.75, 3.05) is 4.90 Å². The Labute approximate surface area is 371 Å². The van der Waals surface area contributed by atoms with Crippen LogP contribution in [-0.4, -0.2) is 12.1 Å². The van der Waals surface area contributed by atoms with Crippen molar-refractivity contribution in [3.05, 3.63) is 225 Å². The van der Waals surface area contributed by atoms with Gasteiger partial charge in [-0.15, -0.1) is 0 Å². The van der Waals surface area contributed by atoms with Gasteiger partial charge in [0.05, 0.1) is 5.41 Å². The summed E-state index contributed by atoms with van der Waals surface area (Å²) in [7, 11) is 0. The van der Waals surface area contributed by atoms with Crippen LogP contribution in [0.3, 0.4) is 0 Å². The lowest BCUT2D eigenvalue weighted by molar-refractivity contribution is 0.246. The van der Waals surface area contributed by atoms with Crippen molar-refractivity contribution in [1.82, 2.24) is 0 Å². The molecule has 4 aliphatic carbocycles. The van der Waals surface area contributed by atoms with Gasteiger partial charge in [-0.2, -0.15) is 0 Å². The lowest BCUT2D eigenvalue weighted by Gasteiger charge is -2.43. The van der Waals surface area contributed by atoms with Gasteiger partial charge in [0.15, 0.2) is 0 Å². The second-order valence-corrected chi connectivity index (χ2v) is 20.2. The molecule has 2 atom stereocenters. The van der Waals surface area contributed by atoms with Crippen LogP contribution in [0.15, 0.2) is 169 Å². The monoisotopic (exact) mass is 813 g/mol. The third-order valence-corrected chi connectivity index (χ3v) is 15.7. The molecule has 2 unspecified atom stereocenters. The molecule has 0 bridgehead atoms. The van der Waals surface area contributed by atoms with E-state index in [2.05, 4.69) is 210 Å². The van der Waals surface area contributed by atoms with Gasteiger partial charge in [0, 0.05) is 51.5 Å². The third kappa shape index (κ3) is 4.74. The van der Waals surface area contributed by atoms with E-state index in [-0.39, 0.29) is 23.0 Å². The van der Waals surface area contributed by atoms with Crippen LogP contribution >= 0.6 is 0 Å². The van der Waals surface area contributed by atoms with Crippen molar-refractivity contribution in [2.24, 2.45) is 0 Å². The largest absolute Gasteiger partial charge is 0.485 e. The first kappa shape index (κ1) is 37.0. The SMILES string of the molecule is C/C=C1\C(=C2\c3ccccc3N(C3CC=C4c5ccccc5OC4C3)c3cc4c(cc32)-c2ccccc2C42c3ccccc3-c3ccccc32)c2ccc(C(C)(C)C)cc2C1(C)C. The highest BCUT2D eigenvalue weighted by molar-refractivity contribution is 6.15. The predicted octanol–water partition coefficient (Wildman–Crippen LogP) is 15.0. The number of anilines is 2. The molecule has 1 spiro atoms. The van der Waals surface area contributed by atoms with E-state index in [1.807, 2.05) is 0 Å². The highest BCUT2D eigenvalue weighted by Crippen LogP contribution is 2.66. The van der Waals surface area contributed by atoms with E-state index in [1.54, 1.807) is 0 Å². The summed E-state index contributed by atoms with van der Waals surface area (Å²) in [4.78, 5) is 2.73. The Bertz CT molecular complexity index is 3210. The number of ether oxygens (including phenoxy) is 1. The van der Waals surface area contributed by atoms with Gasteiger partial charge >= 0.3 is 0 Å². The second-order valence-electron chi connectivity index (χ2n) is 20.2. The van der Waals surface area contributed by atoms with Crippen molar-refractivity contribution in [1.29, 1.82) is 0 Å². The van der Waals surface area contributed by atoms with Gasteiger partial charge in [0.1, 0.15) is 11.9 Å². The van der Waals surface area contributed by atoms with Crippen LogP contribution in [0.5, 0.6) is 5.75 Å². The molecule has 7 aromatic carbocycles. The Balaban J connectivity index is 1.13. The average Bonchev–Trinajstić information content (AvgIpc) is 3.98. The highest BCUT2D eigenvalue weighted by Gasteiger charge is 2.53. The fourth-order valence-corrected chi connectivity index (χ4v) is 12.9. The number of benzene rings is 7. The number of hydrogen-bond acceptors (Lipinski definition) is 2. The summed E-state index contributed by atoms with van der Waals surface area (Å²) in [6.07, 6.45) is 6.74. The first-order chi connectivity index (χ1) is 30.6. The molecule has 0 N–H and O–H groups in total. The molecule has 7 aromatic rings. The summed E-state index contributed by atoms with van der Waals surface area (Å²) in [6, 6.07) is 58.3. The molecule has 2 nitrogen and oxygen atoms in total. The lowest BCUT2D eigenvalue weighted by atomic mass is 9.70. The summed E-state index contributed by atoms with van der Waals surface area (Å²) >= 11 is 0. The zero-order valence-electron chi connectivity index (χ0n) is 37.0. The molecule has 0 saturated heterocycles. The molecular formula is C61H51NO. The Morgan fingerprint density at radius 1 is 0.556 bits per heavy atom. The van der Waals surface area contributed by atoms with Gasteiger partial charge in [-0.25, -0.2) is 0 Å². The van der Waals surface area contributed by atoms with Crippen molar-refractivity contribution >= 4 is 28.1 Å². The Kier molecular flexibility index (Phi) is 7.47. The van der Waals surface area contributed by atoms with Gasteiger partial charge in [-0.3, -0.25) is 0 Å². The molecule has 2 heterocycles. The van der Waals surface area contributed by atoms with Gasteiger partial charge < -0.3 is 9.64 Å². The second kappa shape index (κ2) is 12.7. The summed E-state index contributed by atoms with van der Waals surface area (Å²) < 4.78 is 6.79. The van der Waals surface area contributed by atoms with Crippen LogP contribution in [0.2, 0.25) is 0 Å². The van der Waals surface area contributed by atoms with E-state index < -0.39 is 5.41 Å². The minimum Gasteiger partial charge on any atom is -0.485 e. The maximum absolute atomic E-state index is 6.79. The number of hydrogen-bond donors (Lipinski definition) is 0. The van der Waals surface area contributed by atoms with Crippen LogP contribution in [-0.2, 0) is 16.2 Å². The van der Waals surface area contributed by atoms with Gasteiger partial charge in [0.25, 0.3) is 0 Å². The number of nitrogens with zero attached hydrogens (tertiary/aromatic N) is 1. The van der Waals surface area contributed by atoms with E-state index in [0.29, 0.717) is 0 Å². The lowest BCUT2D eigenvalue weighted by Crippen LogP contribution is -2.39. The fourth-order valence-electron chi connectivity index (χ4n) is 12.9. The normalized spacial score (nSPS) is 21.7. The highest BCUT2D eigenvalue weighted by atomic mass is 16.5. The smallest absolute Gasteiger partial charge is 0.127 e. The maximum Gasteiger partial charge on any atom is 0.127 e. The van der Waals surface area contributed by atoms with E-state index >= 15 is 0 Å². The topological polar surface area (TPSA) is 12.5 Å². The predicted molar refractivity (Wildman–Crippen MR) is 261 cm³/mol. The van der Waals surface area contributed by atoms with Gasteiger partial charge in [0.2, 0.25) is 0 Å². The molecule has 0 saturated carbocycles. The minimum absolute atomic E-state index is 0.0178. The number of rotatable bonds is 1. The Morgan fingerprint density at radius 2 is 1.16 bits per heavy atom. The van der Waals surface area contributed by atoms with Crippen LogP contribution in [0.25, 0.3) is 39.0 Å². The standard InChI is InChI=1S/C61H51NO/c1-7-47-58(43-30-28-36(59(2,3)4)32-51(43)60(47,5)6)57-44-22-11-16-26-53(44)62(37-29-31-42-41-21-12-17-27-55(41)63-56(42)33-37)54-35-52-45(34-46(54)57)40-20-10-15-25-50(40)61(52)48-23-13-8-18-38(48)39-19-9-14-24-49(39)61/h7-28,30-32,34-35,37,56H,29,33H2,1-6H3/b47-7+,58-57-. The number of allylic oxidation sites excluding steroid dienone is 3. The first-order valence-corrected chi connectivity index (χ1v) is 23.0. The molecule has 0 radical (unpaired) electrons. The average molecular weight is 814 g/mol. The fraction of sp³-hybridized carbons (Fsp3) is 0.213. The van der Waals surface area contributed by atoms with Crippen molar-refractivity contribution in [3.63, 3.8) is 0 Å². The molecule has 2 aliphatic heterocycles. The summed E-state index contributed by atoms with van der Waals surface area (Å²) in [5.41, 5.74) is 26.2. The number of para-hydroxylation sites is 2. The van der Waals surface area contributed by atoms with E-state index in [1.165, 1.54) is 112 Å². The quantitative estimate of drug-likeness (QED) is 0.164. The van der Waals surface area contributed by atoms with E-state index in [9.17, 15) is 0 Å². The summed E-state index contributed by atoms with van der Waals surface area (Å²) in [6.45, 7) is 14.1. The molecule has 0 amide bonds. The molecule has 0 fully saturated rings. The van der Waals surface area contributed by atoms with Crippen LogP contribution in [0.4, 0.5) is 11.4 Å². The third-order valence-electron chi connectivity index (χ3n) is 15.7. The van der Waals surface area contributed by atoms with E-state index in [0.717, 1.165) is 18.6 Å². The molecule has 63 heavy (non-hydrogen) atoms. The van der Waals surface area contributed by atoms with Gasteiger partial charge in [-0.05, 0) is 121 Å². The van der Waals surface area contributed by atoms with Crippen LogP contribution in [0.1, 0.15) is 110 Å². The number of fused-ring (bicyclic) bond motifs is 16. The molecule has 6 aliphatic rings. The summed E-state index contributed by atoms with van der Waals surface area (Å²) in [5.74, 6) is 1.01. The summed E-state index contributed by atoms with van der Waals surface area (Å²) in [5, 5.41) is 0. The molecule has 13 rings (SSSR count). The van der Waals surface area contributed by atoms with E-state index in [4.69, 9.17) is 4.74 Å². The van der Waals surface area contributed by atoms with Crippen LogP contribution in [0, 0.1) is 0 Å². The molecule has 2 heteroatoms. The first-order valence-electron chi connectivity index (χ1n) is 23.0. The Morgan fingerprint density at radius 3 is 1.83 bits per heavy atom. The van der Waals surface area contributed by atoms with Crippen molar-refractivity contribution in [3.8, 4) is 28.0 Å². The van der Waals surface area contributed by atoms with Crippen LogP contribution < -0.4 is 9.64 Å². The minimum atomic E-state index is -0.445. The maximum atomic E-state index is 6.79. The zero-order valence-corrected chi connectivity index (χ0v) is 37.0. The Hall–Kier alpha value is -6.64. The molecule has 306 valence electrons. The van der Waals surface area contributed by atoms with Gasteiger partial charge in [-0.1, -0.05) is 174 Å². The zero-order chi connectivity index (χ0) is 42.6. The molecule has 0 aromatic heterocycles. The van der Waals surface area contributed by atoms with Crippen molar-refractivity contribution in [2.45, 2.75) is 82.8 Å².